The molecular weight excluding hydrogens is 534 g/mol. The summed E-state index contributed by atoms with van der Waals surface area (Å²) in [7, 11) is 0. The Balaban J connectivity index is 1.56. The molecule has 0 aliphatic heterocycles. The molecule has 0 radical (unpaired) electrons. The highest BCUT2D eigenvalue weighted by Crippen LogP contribution is 2.35. The Labute approximate surface area is 292 Å². The predicted octanol–water partition coefficient (Wildman–Crippen LogP) is 10.5. The first kappa shape index (κ1) is 10.4. The Hall–Kier alpha value is -5.93. The number of fused-ring (bicyclic) bond motifs is 2. The lowest BCUT2D eigenvalue weighted by Gasteiger charge is -2.13. The fourth-order valence-electron chi connectivity index (χ4n) is 4.24. The number of benzene rings is 7. The van der Waals surface area contributed by atoms with E-state index in [0.29, 0.717) is 0 Å². The van der Waals surface area contributed by atoms with Gasteiger partial charge in [-0.05, 0) is 68.0 Å². The number of rotatable bonds is 5. The summed E-state index contributed by atoms with van der Waals surface area (Å²) in [5.41, 5.74) is -4.75. The van der Waals surface area contributed by atoms with Crippen LogP contribution in [-0.4, -0.2) is 15.0 Å². The molecule has 0 fully saturated rings. The largest absolute Gasteiger partial charge is 0.208 e. The van der Waals surface area contributed by atoms with Crippen LogP contribution in [0.5, 0.6) is 0 Å². The molecule has 0 amide bonds. The first-order valence-electron chi connectivity index (χ1n) is 25.7. The molecule has 0 N–H and O–H groups in total. The van der Waals surface area contributed by atoms with E-state index in [0.717, 1.165) is 6.07 Å². The fourth-order valence-corrected chi connectivity index (χ4v) is 4.24. The van der Waals surface area contributed by atoms with Gasteiger partial charge in [0.1, 0.15) is 0 Å². The number of hydrogen-bond acceptors (Lipinski definition) is 3. The Kier molecular flexibility index (Phi) is 2.60. The van der Waals surface area contributed by atoms with E-state index in [9.17, 15) is 4.11 Å². The van der Waals surface area contributed by atoms with Gasteiger partial charge in [0.05, 0.1) is 35.6 Å². The maximum atomic E-state index is 9.61. The van der Waals surface area contributed by atoms with Crippen molar-refractivity contribution in [2.24, 2.45) is 0 Å². The SMILES string of the molecule is [2H]c1c([2H])c([2H])c(-c2nc(-c3cc([2H])c4c([2H])c(-c5c([2H])c([2H])c([2H])c([2H])c5[2H])c([2H])c([2H])c4c3[2H])nc(-c3c([2H])c(-c4c([2H])c([2H])c([2H])c([2H])c4[2H])c4c([2H])c([2H])c([2H])c([2H])c4c3[2H])n2)c([2H])c1[2H]. The molecule has 0 aliphatic rings. The molecule has 0 atom stereocenters. The maximum Gasteiger partial charge on any atom is 0.164 e. The van der Waals surface area contributed by atoms with Crippen LogP contribution in [0.15, 0.2) is 163 Å². The average molecular weight is 588 g/mol. The van der Waals surface area contributed by atoms with E-state index in [1.165, 1.54) is 0 Å². The third kappa shape index (κ3) is 4.91. The molecule has 206 valence electrons. The van der Waals surface area contributed by atoms with Crippen LogP contribution < -0.4 is 0 Å². The summed E-state index contributed by atoms with van der Waals surface area (Å²) < 4.78 is 226. The molecule has 0 spiro atoms. The van der Waals surface area contributed by atoms with E-state index in [2.05, 4.69) is 15.0 Å². The molecule has 0 saturated heterocycles. The van der Waals surface area contributed by atoms with E-state index >= 15 is 0 Å². The Morgan fingerprint density at radius 3 is 1.59 bits per heavy atom. The molecular formula is C41H27N3. The van der Waals surface area contributed by atoms with E-state index in [1.54, 1.807) is 0 Å². The lowest BCUT2D eigenvalue weighted by atomic mass is 9.95. The second kappa shape index (κ2) is 11.0. The summed E-state index contributed by atoms with van der Waals surface area (Å²) in [6, 6.07) is -21.5. The van der Waals surface area contributed by atoms with Gasteiger partial charge in [0.2, 0.25) is 0 Å². The first-order chi connectivity index (χ1) is 32.6. The normalized spacial score (nSPS) is 19.5. The third-order valence-corrected chi connectivity index (χ3v) is 6.19. The lowest BCUT2D eigenvalue weighted by Crippen LogP contribution is -2.00. The van der Waals surface area contributed by atoms with Crippen molar-refractivity contribution < 1.29 is 35.6 Å². The van der Waals surface area contributed by atoms with Gasteiger partial charge >= 0.3 is 0 Å². The number of aromatic nitrogens is 3. The third-order valence-electron chi connectivity index (χ3n) is 6.19. The van der Waals surface area contributed by atoms with Gasteiger partial charge in [0, 0.05) is 16.7 Å². The Morgan fingerprint density at radius 2 is 0.864 bits per heavy atom. The Morgan fingerprint density at radius 1 is 0.341 bits per heavy atom. The van der Waals surface area contributed by atoms with Gasteiger partial charge in [-0.1, -0.05) is 139 Å². The molecule has 8 rings (SSSR count). The lowest BCUT2D eigenvalue weighted by molar-refractivity contribution is 1.08. The van der Waals surface area contributed by atoms with Gasteiger partial charge in [-0.15, -0.1) is 0 Å². The molecule has 0 saturated carbocycles. The molecule has 0 unspecified atom stereocenters. The molecule has 3 heteroatoms. The summed E-state index contributed by atoms with van der Waals surface area (Å²) >= 11 is 0. The van der Waals surface area contributed by atoms with E-state index in [-0.39, 0.29) is 0 Å². The van der Waals surface area contributed by atoms with Crippen LogP contribution in [0.2, 0.25) is 0 Å². The summed E-state index contributed by atoms with van der Waals surface area (Å²) in [4.78, 5) is 13.0. The van der Waals surface area contributed by atoms with Crippen molar-refractivity contribution >= 4 is 21.5 Å². The molecule has 44 heavy (non-hydrogen) atoms. The molecule has 1 heterocycles. The van der Waals surface area contributed by atoms with Gasteiger partial charge in [0.25, 0.3) is 0 Å². The number of hydrogen-bond donors (Lipinski definition) is 0. The van der Waals surface area contributed by atoms with Gasteiger partial charge in [-0.3, -0.25) is 0 Å². The number of nitrogens with zero attached hydrogens (tertiary/aromatic N) is 3. The zero-order chi connectivity index (χ0) is 51.9. The van der Waals surface area contributed by atoms with E-state index < -0.39 is 235 Å². The maximum absolute atomic E-state index is 9.61. The summed E-state index contributed by atoms with van der Waals surface area (Å²) in [6.07, 6.45) is 0. The minimum absolute atomic E-state index is 0.509. The standard InChI is InChI=1S/C41H27N3/c1-4-12-28(13-5-1)31-20-21-33-25-35(23-22-32(33)24-31)40-42-39(30-16-8-3-9-17-30)43-41(44-40)36-26-34-18-10-11-19-37(34)38(27-36)29-14-6-2-7-15-29/h1-27H/i1D,2D,3D,4D,5D,6D,7D,8D,9D,10D,11D,12D,13D,14D,15D,16D,17D,18D,19D,20D,21D,22D,24D,25D,26D,27D. The monoisotopic (exact) mass is 587 g/mol. The van der Waals surface area contributed by atoms with Crippen LogP contribution in [0.3, 0.4) is 0 Å². The molecule has 0 aliphatic carbocycles. The van der Waals surface area contributed by atoms with Crippen LogP contribution in [-0.2, 0) is 0 Å². The van der Waals surface area contributed by atoms with Crippen molar-refractivity contribution in [1.29, 1.82) is 0 Å². The van der Waals surface area contributed by atoms with Crippen molar-refractivity contribution in [3.05, 3.63) is 163 Å². The van der Waals surface area contributed by atoms with Crippen molar-refractivity contribution in [2.45, 2.75) is 0 Å². The van der Waals surface area contributed by atoms with Crippen molar-refractivity contribution in [1.82, 2.24) is 15.0 Å². The quantitative estimate of drug-likeness (QED) is 0.201. The Bertz CT molecular complexity index is 3660. The van der Waals surface area contributed by atoms with Gasteiger partial charge < -0.3 is 0 Å². The molecule has 3 nitrogen and oxygen atoms in total. The van der Waals surface area contributed by atoms with Crippen LogP contribution in [0.4, 0.5) is 0 Å². The van der Waals surface area contributed by atoms with E-state index in [1.807, 2.05) is 0 Å². The average Bonchev–Trinajstić information content (AvgIpc) is 3.32. The molecule has 1 aromatic heterocycles. The minimum atomic E-state index is -0.970. The van der Waals surface area contributed by atoms with Crippen molar-refractivity contribution in [3.63, 3.8) is 0 Å². The second-order valence-electron chi connectivity index (χ2n) is 8.88. The van der Waals surface area contributed by atoms with Crippen molar-refractivity contribution in [3.8, 4) is 56.4 Å². The summed E-state index contributed by atoms with van der Waals surface area (Å²) in [5, 5.41) is -2.38. The smallest absolute Gasteiger partial charge is 0.164 e. The zero-order valence-corrected chi connectivity index (χ0v) is 21.9. The summed E-state index contributed by atoms with van der Waals surface area (Å²) in [5.74, 6) is -2.38. The minimum Gasteiger partial charge on any atom is -0.208 e. The molecule has 8 aromatic rings. The van der Waals surface area contributed by atoms with Crippen molar-refractivity contribution in [2.75, 3.05) is 0 Å². The highest BCUT2D eigenvalue weighted by atomic mass is 15.0. The highest BCUT2D eigenvalue weighted by molar-refractivity contribution is 5.99. The fraction of sp³-hybridized carbons (Fsp3) is 0. The van der Waals surface area contributed by atoms with Gasteiger partial charge in [-0.25, -0.2) is 15.0 Å². The van der Waals surface area contributed by atoms with Gasteiger partial charge in [-0.2, -0.15) is 0 Å². The van der Waals surface area contributed by atoms with E-state index in [4.69, 9.17) is 31.5 Å². The molecule has 7 aromatic carbocycles. The van der Waals surface area contributed by atoms with Crippen LogP contribution in [0.1, 0.15) is 35.6 Å². The molecule has 0 bridgehead atoms. The first-order valence-corrected chi connectivity index (χ1v) is 12.7. The van der Waals surface area contributed by atoms with Crippen LogP contribution in [0, 0.1) is 0 Å². The zero-order valence-electron chi connectivity index (χ0n) is 47.9. The second-order valence-corrected chi connectivity index (χ2v) is 8.88. The van der Waals surface area contributed by atoms with Gasteiger partial charge in [0.15, 0.2) is 17.5 Å². The van der Waals surface area contributed by atoms with Crippen LogP contribution in [0.25, 0.3) is 78.0 Å². The highest BCUT2D eigenvalue weighted by Gasteiger charge is 2.15. The van der Waals surface area contributed by atoms with Crippen LogP contribution >= 0.6 is 0 Å². The topological polar surface area (TPSA) is 38.7 Å². The predicted molar refractivity (Wildman–Crippen MR) is 182 cm³/mol. The summed E-state index contributed by atoms with van der Waals surface area (Å²) in [6.45, 7) is 0.